The Hall–Kier alpha value is -1.14. The van der Waals surface area contributed by atoms with E-state index in [1.54, 1.807) is 0 Å². The predicted molar refractivity (Wildman–Crippen MR) is 64.7 cm³/mol. The molecule has 2 amide bonds. The minimum Gasteiger partial charge on any atom is -0.370 e. The van der Waals surface area contributed by atoms with Crippen LogP contribution in [0.1, 0.15) is 32.1 Å². The number of primary amides is 1. The second-order valence-electron chi connectivity index (χ2n) is 4.74. The summed E-state index contributed by atoms with van der Waals surface area (Å²) >= 11 is 0. The molecular formula is C11H22N4O2. The Balaban J connectivity index is 2.27. The molecule has 0 saturated heterocycles. The highest BCUT2D eigenvalue weighted by Crippen LogP contribution is 2.26. The predicted octanol–water partition coefficient (Wildman–Crippen LogP) is -1.18. The minimum absolute atomic E-state index is 0.156. The summed E-state index contributed by atoms with van der Waals surface area (Å²) < 4.78 is 0. The fraction of sp³-hybridized carbons (Fsp3) is 0.818. The van der Waals surface area contributed by atoms with Gasteiger partial charge in [0, 0.05) is 19.0 Å². The van der Waals surface area contributed by atoms with Crippen molar-refractivity contribution in [3.05, 3.63) is 0 Å². The monoisotopic (exact) mass is 242 g/mol. The van der Waals surface area contributed by atoms with Gasteiger partial charge in [0.15, 0.2) is 0 Å². The summed E-state index contributed by atoms with van der Waals surface area (Å²) in [5, 5.41) is 2.88. The number of hydrogen-bond acceptors (Lipinski definition) is 4. The van der Waals surface area contributed by atoms with Gasteiger partial charge in [-0.2, -0.15) is 0 Å². The first-order valence-electron chi connectivity index (χ1n) is 6.07. The smallest absolute Gasteiger partial charge is 0.238 e. The Labute approximate surface area is 101 Å². The van der Waals surface area contributed by atoms with E-state index >= 15 is 0 Å². The third kappa shape index (κ3) is 4.70. The number of carbonyl (C=O) groups excluding carboxylic acids is 2. The van der Waals surface area contributed by atoms with Crippen molar-refractivity contribution in [1.82, 2.24) is 5.32 Å². The molecular weight excluding hydrogens is 220 g/mol. The van der Waals surface area contributed by atoms with Crippen LogP contribution in [0, 0.1) is 5.92 Å². The minimum atomic E-state index is -0.627. The van der Waals surface area contributed by atoms with E-state index in [0.29, 0.717) is 12.3 Å². The van der Waals surface area contributed by atoms with Crippen molar-refractivity contribution in [2.24, 2.45) is 23.1 Å². The van der Waals surface area contributed by atoms with Crippen molar-refractivity contribution < 1.29 is 9.59 Å². The molecule has 0 heterocycles. The van der Waals surface area contributed by atoms with Gasteiger partial charge in [0.25, 0.3) is 0 Å². The van der Waals surface area contributed by atoms with Crippen LogP contribution in [-0.4, -0.2) is 30.4 Å². The summed E-state index contributed by atoms with van der Waals surface area (Å²) in [6.07, 6.45) is 4.04. The highest BCUT2D eigenvalue weighted by molar-refractivity contribution is 5.82. The normalized spacial score (nSPS) is 26.2. The van der Waals surface area contributed by atoms with Gasteiger partial charge in [0.1, 0.15) is 0 Å². The second kappa shape index (κ2) is 6.56. The Morgan fingerprint density at radius 2 is 1.82 bits per heavy atom. The first-order chi connectivity index (χ1) is 8.02. The van der Waals surface area contributed by atoms with Gasteiger partial charge in [0.2, 0.25) is 11.8 Å². The number of nitrogens with one attached hydrogen (secondary N) is 1. The van der Waals surface area contributed by atoms with Gasteiger partial charge < -0.3 is 22.5 Å². The molecule has 0 unspecified atom stereocenters. The molecule has 98 valence electrons. The number of hydrogen-bond donors (Lipinski definition) is 4. The zero-order chi connectivity index (χ0) is 12.8. The maximum Gasteiger partial charge on any atom is 0.238 e. The van der Waals surface area contributed by atoms with Crippen molar-refractivity contribution in [3.8, 4) is 0 Å². The molecule has 1 fully saturated rings. The van der Waals surface area contributed by atoms with E-state index in [0.717, 1.165) is 25.7 Å². The SMILES string of the molecule is NC[C@H](N)C(=O)NC1CCC(CC(N)=O)CC1. The molecule has 17 heavy (non-hydrogen) atoms. The molecule has 0 aliphatic heterocycles. The fourth-order valence-corrected chi connectivity index (χ4v) is 2.21. The molecule has 0 radical (unpaired) electrons. The largest absolute Gasteiger partial charge is 0.370 e. The molecule has 1 saturated carbocycles. The number of carbonyl (C=O) groups is 2. The molecule has 0 aromatic carbocycles. The Bertz CT molecular complexity index is 275. The van der Waals surface area contributed by atoms with E-state index in [9.17, 15) is 9.59 Å². The van der Waals surface area contributed by atoms with Crippen molar-refractivity contribution in [2.45, 2.75) is 44.2 Å². The topological polar surface area (TPSA) is 124 Å². The third-order valence-electron chi connectivity index (χ3n) is 3.27. The van der Waals surface area contributed by atoms with Gasteiger partial charge in [-0.25, -0.2) is 0 Å². The lowest BCUT2D eigenvalue weighted by atomic mass is 9.84. The Morgan fingerprint density at radius 1 is 1.24 bits per heavy atom. The highest BCUT2D eigenvalue weighted by Gasteiger charge is 2.24. The van der Waals surface area contributed by atoms with Crippen molar-refractivity contribution >= 4 is 11.8 Å². The zero-order valence-electron chi connectivity index (χ0n) is 10.0. The summed E-state index contributed by atoms with van der Waals surface area (Å²) in [6, 6.07) is -0.470. The molecule has 1 aliphatic carbocycles. The molecule has 0 aromatic rings. The first-order valence-corrected chi connectivity index (χ1v) is 6.07. The van der Waals surface area contributed by atoms with Crippen LogP contribution in [0.4, 0.5) is 0 Å². The summed E-state index contributed by atoms with van der Waals surface area (Å²) in [6.45, 7) is 0.156. The van der Waals surface area contributed by atoms with Crippen LogP contribution in [0.15, 0.2) is 0 Å². The highest BCUT2D eigenvalue weighted by atomic mass is 16.2. The molecule has 1 aliphatic rings. The summed E-state index contributed by atoms with van der Waals surface area (Å²) in [5.41, 5.74) is 16.0. The standard InChI is InChI=1S/C11H22N4O2/c12-6-9(13)11(17)15-8-3-1-7(2-4-8)5-10(14)16/h7-9H,1-6,12-13H2,(H2,14,16)(H,15,17)/t7?,8?,9-/m0/s1. The molecule has 0 bridgehead atoms. The van der Waals surface area contributed by atoms with Gasteiger partial charge in [-0.3, -0.25) is 9.59 Å². The van der Waals surface area contributed by atoms with Crippen LogP contribution in [0.3, 0.4) is 0 Å². The number of nitrogens with two attached hydrogens (primary N) is 3. The average Bonchev–Trinajstić information content (AvgIpc) is 2.30. The van der Waals surface area contributed by atoms with Gasteiger partial charge in [-0.15, -0.1) is 0 Å². The molecule has 0 aromatic heterocycles. The molecule has 6 nitrogen and oxygen atoms in total. The summed E-state index contributed by atoms with van der Waals surface area (Å²) in [4.78, 5) is 22.3. The van der Waals surface area contributed by atoms with E-state index in [1.165, 1.54) is 0 Å². The van der Waals surface area contributed by atoms with Gasteiger partial charge in [-0.1, -0.05) is 0 Å². The lowest BCUT2D eigenvalue weighted by Gasteiger charge is -2.29. The maximum atomic E-state index is 11.5. The molecule has 6 heteroatoms. The lowest BCUT2D eigenvalue weighted by Crippen LogP contribution is -2.49. The molecule has 1 atom stereocenters. The van der Waals surface area contributed by atoms with E-state index in [4.69, 9.17) is 17.2 Å². The van der Waals surface area contributed by atoms with Gasteiger partial charge in [-0.05, 0) is 31.6 Å². The first kappa shape index (κ1) is 13.9. The van der Waals surface area contributed by atoms with Crippen molar-refractivity contribution in [1.29, 1.82) is 0 Å². The average molecular weight is 242 g/mol. The van der Waals surface area contributed by atoms with Crippen molar-refractivity contribution in [3.63, 3.8) is 0 Å². The van der Waals surface area contributed by atoms with Gasteiger partial charge >= 0.3 is 0 Å². The van der Waals surface area contributed by atoms with Gasteiger partial charge in [0.05, 0.1) is 6.04 Å². The Kier molecular flexibility index (Phi) is 5.37. The zero-order valence-corrected chi connectivity index (χ0v) is 10.0. The van der Waals surface area contributed by atoms with Crippen LogP contribution in [0.25, 0.3) is 0 Å². The fourth-order valence-electron chi connectivity index (χ4n) is 2.21. The van der Waals surface area contributed by atoms with Crippen LogP contribution < -0.4 is 22.5 Å². The van der Waals surface area contributed by atoms with Crippen molar-refractivity contribution in [2.75, 3.05) is 6.54 Å². The second-order valence-corrected chi connectivity index (χ2v) is 4.74. The van der Waals surface area contributed by atoms with Crippen LogP contribution in [0.2, 0.25) is 0 Å². The molecule has 0 spiro atoms. The summed E-state index contributed by atoms with van der Waals surface area (Å²) in [5.74, 6) is -0.0719. The van der Waals surface area contributed by atoms with Crippen LogP contribution in [0.5, 0.6) is 0 Å². The maximum absolute atomic E-state index is 11.5. The molecule has 7 N–H and O–H groups in total. The van der Waals surface area contributed by atoms with E-state index < -0.39 is 6.04 Å². The van der Waals surface area contributed by atoms with E-state index in [-0.39, 0.29) is 24.4 Å². The number of rotatable bonds is 5. The summed E-state index contributed by atoms with van der Waals surface area (Å²) in [7, 11) is 0. The quantitative estimate of drug-likeness (QED) is 0.484. The lowest BCUT2D eigenvalue weighted by molar-refractivity contribution is -0.123. The van der Waals surface area contributed by atoms with Crippen LogP contribution >= 0.6 is 0 Å². The van der Waals surface area contributed by atoms with Crippen LogP contribution in [-0.2, 0) is 9.59 Å². The van der Waals surface area contributed by atoms with E-state index in [1.807, 2.05) is 0 Å². The Morgan fingerprint density at radius 3 is 2.29 bits per heavy atom. The molecule has 1 rings (SSSR count). The van der Waals surface area contributed by atoms with E-state index in [2.05, 4.69) is 5.32 Å². The number of amides is 2. The third-order valence-corrected chi connectivity index (χ3v) is 3.27.